The molecule has 6 nitrogen and oxygen atoms in total. The molecule has 3 aromatic rings. The molecule has 0 radical (unpaired) electrons. The highest BCUT2D eigenvalue weighted by Crippen LogP contribution is 2.13. The topological polar surface area (TPSA) is 75.7 Å². The average Bonchev–Trinajstić information content (AvgIpc) is 2.93. The number of aromatic amines is 1. The van der Waals surface area contributed by atoms with E-state index in [4.69, 9.17) is 4.74 Å². The number of benzene rings is 1. The summed E-state index contributed by atoms with van der Waals surface area (Å²) in [6.07, 6.45) is 3.25. The molecule has 6 heteroatoms. The Hall–Kier alpha value is -2.63. The Balaban J connectivity index is 1.70. The molecule has 0 aliphatic rings. The molecule has 0 amide bonds. The lowest BCUT2D eigenvalue weighted by Crippen LogP contribution is -2.02. The van der Waals surface area contributed by atoms with Gasteiger partial charge >= 0.3 is 0 Å². The number of aromatic nitrogens is 4. The van der Waals surface area contributed by atoms with Gasteiger partial charge < -0.3 is 15.0 Å². The summed E-state index contributed by atoms with van der Waals surface area (Å²) in [6.45, 7) is 0.679. The number of ether oxygens (including phenoxy) is 1. The second kappa shape index (κ2) is 4.93. The maximum atomic E-state index is 5.12. The minimum absolute atomic E-state index is 0.620. The van der Waals surface area contributed by atoms with E-state index in [1.165, 1.54) is 0 Å². The van der Waals surface area contributed by atoms with E-state index in [-0.39, 0.29) is 0 Å². The standard InChI is InChI=1S/C13H13N5O/c1-19-10-4-2-9(3-5-10)6-14-11-7-15-12-13(18-11)17-8-16-12/h2-5,7-8H,6H2,1H3,(H2,14,15,16,17,18). The summed E-state index contributed by atoms with van der Waals surface area (Å²) in [6, 6.07) is 7.88. The number of imidazole rings is 1. The van der Waals surface area contributed by atoms with Crippen LogP contribution in [0.3, 0.4) is 0 Å². The molecule has 3 rings (SSSR count). The number of methoxy groups -OCH3 is 1. The van der Waals surface area contributed by atoms with E-state index in [0.717, 1.165) is 11.3 Å². The third kappa shape index (κ3) is 2.47. The molecule has 2 aromatic heterocycles. The number of fused-ring (bicyclic) bond motifs is 1. The summed E-state index contributed by atoms with van der Waals surface area (Å²) in [5.41, 5.74) is 2.45. The van der Waals surface area contributed by atoms with Crippen LogP contribution in [0.25, 0.3) is 11.3 Å². The van der Waals surface area contributed by atoms with Crippen molar-refractivity contribution in [1.29, 1.82) is 0 Å². The van der Waals surface area contributed by atoms with Crippen LogP contribution in [0.1, 0.15) is 5.56 Å². The van der Waals surface area contributed by atoms with Crippen LogP contribution in [0.15, 0.2) is 36.8 Å². The van der Waals surface area contributed by atoms with E-state index in [0.29, 0.717) is 23.7 Å². The van der Waals surface area contributed by atoms with E-state index in [2.05, 4.69) is 25.3 Å². The molecule has 2 N–H and O–H groups in total. The first-order chi connectivity index (χ1) is 9.35. The third-order valence-electron chi connectivity index (χ3n) is 2.77. The highest BCUT2D eigenvalue weighted by atomic mass is 16.5. The monoisotopic (exact) mass is 255 g/mol. The summed E-state index contributed by atoms with van der Waals surface area (Å²) in [5, 5.41) is 3.22. The summed E-state index contributed by atoms with van der Waals surface area (Å²) in [7, 11) is 1.66. The zero-order chi connectivity index (χ0) is 13.1. The van der Waals surface area contributed by atoms with Gasteiger partial charge in [-0.15, -0.1) is 0 Å². The molecule has 0 saturated heterocycles. The Morgan fingerprint density at radius 3 is 2.84 bits per heavy atom. The molecule has 0 saturated carbocycles. The molecule has 19 heavy (non-hydrogen) atoms. The lowest BCUT2D eigenvalue weighted by molar-refractivity contribution is 0.414. The molecule has 0 bridgehead atoms. The Morgan fingerprint density at radius 1 is 1.21 bits per heavy atom. The van der Waals surface area contributed by atoms with Crippen LogP contribution in [-0.2, 0) is 6.54 Å². The highest BCUT2D eigenvalue weighted by Gasteiger charge is 2.01. The van der Waals surface area contributed by atoms with Crippen LogP contribution in [-0.4, -0.2) is 27.0 Å². The van der Waals surface area contributed by atoms with Gasteiger partial charge in [-0.1, -0.05) is 12.1 Å². The summed E-state index contributed by atoms with van der Waals surface area (Å²) in [5.74, 6) is 1.56. The normalized spacial score (nSPS) is 10.6. The Bertz CT molecular complexity index is 677. The number of hydrogen-bond acceptors (Lipinski definition) is 5. The molecule has 0 aliphatic carbocycles. The van der Waals surface area contributed by atoms with Crippen molar-refractivity contribution in [1.82, 2.24) is 19.9 Å². The molecule has 0 fully saturated rings. The van der Waals surface area contributed by atoms with Crippen molar-refractivity contribution in [2.24, 2.45) is 0 Å². The van der Waals surface area contributed by atoms with Crippen LogP contribution < -0.4 is 10.1 Å². The van der Waals surface area contributed by atoms with Gasteiger partial charge in [-0.05, 0) is 17.7 Å². The maximum absolute atomic E-state index is 5.12. The van der Waals surface area contributed by atoms with Gasteiger partial charge in [-0.25, -0.2) is 15.0 Å². The quantitative estimate of drug-likeness (QED) is 0.745. The summed E-state index contributed by atoms with van der Waals surface area (Å²) < 4.78 is 5.12. The van der Waals surface area contributed by atoms with E-state index in [1.807, 2.05) is 24.3 Å². The molecule has 0 aliphatic heterocycles. The largest absolute Gasteiger partial charge is 0.497 e. The van der Waals surface area contributed by atoms with Crippen LogP contribution in [0.4, 0.5) is 5.82 Å². The van der Waals surface area contributed by atoms with Gasteiger partial charge in [0.15, 0.2) is 11.3 Å². The van der Waals surface area contributed by atoms with Crippen LogP contribution in [0, 0.1) is 0 Å². The first-order valence-corrected chi connectivity index (χ1v) is 5.88. The SMILES string of the molecule is COc1ccc(CNc2cnc3nc[nH]c3n2)cc1. The maximum Gasteiger partial charge on any atom is 0.197 e. The minimum Gasteiger partial charge on any atom is -0.497 e. The van der Waals surface area contributed by atoms with Crippen LogP contribution >= 0.6 is 0 Å². The van der Waals surface area contributed by atoms with Crippen molar-refractivity contribution >= 4 is 17.1 Å². The predicted molar refractivity (Wildman–Crippen MR) is 72.0 cm³/mol. The van der Waals surface area contributed by atoms with Crippen molar-refractivity contribution in [2.45, 2.75) is 6.54 Å². The van der Waals surface area contributed by atoms with Crippen LogP contribution in [0.2, 0.25) is 0 Å². The molecule has 96 valence electrons. The molecule has 2 heterocycles. The van der Waals surface area contributed by atoms with Crippen molar-refractivity contribution in [3.05, 3.63) is 42.4 Å². The van der Waals surface area contributed by atoms with Gasteiger partial charge in [0.2, 0.25) is 0 Å². The second-order valence-electron chi connectivity index (χ2n) is 4.03. The van der Waals surface area contributed by atoms with Crippen molar-refractivity contribution in [3.8, 4) is 5.75 Å². The Labute approximate surface area is 109 Å². The molecule has 0 unspecified atom stereocenters. The molecular weight excluding hydrogens is 242 g/mol. The third-order valence-corrected chi connectivity index (χ3v) is 2.77. The van der Waals surface area contributed by atoms with Gasteiger partial charge in [0.1, 0.15) is 11.6 Å². The van der Waals surface area contributed by atoms with Gasteiger partial charge in [-0.2, -0.15) is 0 Å². The van der Waals surface area contributed by atoms with Gasteiger partial charge in [-0.3, -0.25) is 0 Å². The summed E-state index contributed by atoms with van der Waals surface area (Å²) in [4.78, 5) is 15.5. The molecule has 0 spiro atoms. The smallest absolute Gasteiger partial charge is 0.197 e. The first kappa shape index (κ1) is 11.5. The van der Waals surface area contributed by atoms with E-state index in [9.17, 15) is 0 Å². The van der Waals surface area contributed by atoms with Gasteiger partial charge in [0, 0.05) is 6.54 Å². The number of rotatable bonds is 4. The number of nitrogens with one attached hydrogen (secondary N) is 2. The first-order valence-electron chi connectivity index (χ1n) is 5.88. The zero-order valence-corrected chi connectivity index (χ0v) is 10.4. The number of H-pyrrole nitrogens is 1. The molecule has 1 aromatic carbocycles. The highest BCUT2D eigenvalue weighted by molar-refractivity contribution is 5.66. The van der Waals surface area contributed by atoms with Gasteiger partial charge in [0.05, 0.1) is 19.6 Å². The van der Waals surface area contributed by atoms with E-state index in [1.54, 1.807) is 19.6 Å². The predicted octanol–water partition coefficient (Wildman–Crippen LogP) is 1.97. The number of anilines is 1. The number of hydrogen-bond donors (Lipinski definition) is 2. The fourth-order valence-corrected chi connectivity index (χ4v) is 1.75. The fourth-order valence-electron chi connectivity index (χ4n) is 1.75. The minimum atomic E-state index is 0.620. The summed E-state index contributed by atoms with van der Waals surface area (Å²) >= 11 is 0. The molecular formula is C13H13N5O. The van der Waals surface area contributed by atoms with Crippen molar-refractivity contribution < 1.29 is 4.74 Å². The zero-order valence-electron chi connectivity index (χ0n) is 10.4. The number of nitrogens with zero attached hydrogens (tertiary/aromatic N) is 3. The van der Waals surface area contributed by atoms with E-state index >= 15 is 0 Å². The average molecular weight is 255 g/mol. The van der Waals surface area contributed by atoms with Crippen molar-refractivity contribution in [2.75, 3.05) is 12.4 Å². The Morgan fingerprint density at radius 2 is 2.05 bits per heavy atom. The van der Waals surface area contributed by atoms with Crippen molar-refractivity contribution in [3.63, 3.8) is 0 Å². The van der Waals surface area contributed by atoms with E-state index < -0.39 is 0 Å². The second-order valence-corrected chi connectivity index (χ2v) is 4.03. The fraction of sp³-hybridized carbons (Fsp3) is 0.154. The van der Waals surface area contributed by atoms with Crippen LogP contribution in [0.5, 0.6) is 5.75 Å². The van der Waals surface area contributed by atoms with Gasteiger partial charge in [0.25, 0.3) is 0 Å². The lowest BCUT2D eigenvalue weighted by Gasteiger charge is -2.06. The lowest BCUT2D eigenvalue weighted by atomic mass is 10.2. The molecule has 0 atom stereocenters. The Kier molecular flexibility index (Phi) is 2.97.